The third-order valence-electron chi connectivity index (χ3n) is 4.44. The van der Waals surface area contributed by atoms with Crippen molar-refractivity contribution in [2.75, 3.05) is 6.61 Å². The summed E-state index contributed by atoms with van der Waals surface area (Å²) in [5, 5.41) is 0. The van der Waals surface area contributed by atoms with Crippen molar-refractivity contribution in [2.24, 2.45) is 11.7 Å². The molecule has 1 saturated heterocycles. The minimum absolute atomic E-state index is 0.0795. The summed E-state index contributed by atoms with van der Waals surface area (Å²) in [5.41, 5.74) is 7.37. The molecular weight excluding hydrogens is 238 g/mol. The minimum atomic E-state index is -0.124. The Labute approximate surface area is 115 Å². The summed E-state index contributed by atoms with van der Waals surface area (Å²) in [4.78, 5) is 0. The van der Waals surface area contributed by atoms with Crippen molar-refractivity contribution in [3.8, 4) is 5.75 Å². The van der Waals surface area contributed by atoms with Crippen molar-refractivity contribution in [3.05, 3.63) is 29.8 Å². The predicted octanol–water partition coefficient (Wildman–Crippen LogP) is 3.04. The van der Waals surface area contributed by atoms with E-state index in [2.05, 4.69) is 19.9 Å². The Kier molecular flexibility index (Phi) is 3.27. The van der Waals surface area contributed by atoms with Gasteiger partial charge in [0.2, 0.25) is 0 Å². The van der Waals surface area contributed by atoms with E-state index >= 15 is 0 Å². The largest absolute Gasteiger partial charge is 0.487 e. The van der Waals surface area contributed by atoms with Crippen molar-refractivity contribution in [2.45, 2.75) is 50.9 Å². The Morgan fingerprint density at radius 3 is 2.84 bits per heavy atom. The minimum Gasteiger partial charge on any atom is -0.487 e. The zero-order chi connectivity index (χ0) is 13.5. The SMILES string of the molecule is CC(C)C1CC2(CCO1)CC(N)c1ccccc1O2. The Balaban J connectivity index is 1.87. The standard InChI is InChI=1S/C16H23NO2/c1-11(2)15-10-16(7-8-18-15)9-13(17)12-5-3-4-6-14(12)19-16/h3-6,11,13,15H,7-10,17H2,1-2H3. The van der Waals surface area contributed by atoms with E-state index in [1.54, 1.807) is 0 Å². The molecule has 19 heavy (non-hydrogen) atoms. The highest BCUT2D eigenvalue weighted by atomic mass is 16.5. The van der Waals surface area contributed by atoms with Gasteiger partial charge in [-0.25, -0.2) is 0 Å². The highest BCUT2D eigenvalue weighted by molar-refractivity contribution is 5.38. The van der Waals surface area contributed by atoms with E-state index in [9.17, 15) is 0 Å². The highest BCUT2D eigenvalue weighted by Crippen LogP contribution is 2.44. The van der Waals surface area contributed by atoms with Gasteiger partial charge in [-0.1, -0.05) is 32.0 Å². The van der Waals surface area contributed by atoms with Crippen molar-refractivity contribution >= 4 is 0 Å². The van der Waals surface area contributed by atoms with Crippen LogP contribution in [0.5, 0.6) is 5.75 Å². The van der Waals surface area contributed by atoms with Crippen LogP contribution < -0.4 is 10.5 Å². The molecule has 0 saturated carbocycles. The number of nitrogens with two attached hydrogens (primary N) is 1. The lowest BCUT2D eigenvalue weighted by Crippen LogP contribution is -2.50. The summed E-state index contributed by atoms with van der Waals surface area (Å²) in [7, 11) is 0. The maximum Gasteiger partial charge on any atom is 0.124 e. The van der Waals surface area contributed by atoms with Gasteiger partial charge in [-0.05, 0) is 12.0 Å². The first-order valence-electron chi connectivity index (χ1n) is 7.25. The maximum absolute atomic E-state index is 6.35. The molecule has 0 aliphatic carbocycles. The summed E-state index contributed by atoms with van der Waals surface area (Å²) < 4.78 is 12.2. The van der Waals surface area contributed by atoms with E-state index in [0.29, 0.717) is 5.92 Å². The van der Waals surface area contributed by atoms with Crippen LogP contribution in [0.3, 0.4) is 0 Å². The Bertz CT molecular complexity index is 460. The van der Waals surface area contributed by atoms with Gasteiger partial charge in [-0.2, -0.15) is 0 Å². The van der Waals surface area contributed by atoms with Gasteiger partial charge in [0.1, 0.15) is 11.4 Å². The number of ether oxygens (including phenoxy) is 2. The highest BCUT2D eigenvalue weighted by Gasteiger charge is 2.44. The molecule has 2 heterocycles. The second-order valence-corrected chi connectivity index (χ2v) is 6.24. The van der Waals surface area contributed by atoms with Crippen molar-refractivity contribution in [1.29, 1.82) is 0 Å². The van der Waals surface area contributed by atoms with Crippen LogP contribution in [-0.4, -0.2) is 18.3 Å². The fraction of sp³-hybridized carbons (Fsp3) is 0.625. The van der Waals surface area contributed by atoms with E-state index < -0.39 is 0 Å². The zero-order valence-corrected chi connectivity index (χ0v) is 11.8. The van der Waals surface area contributed by atoms with Crippen LogP contribution in [0.4, 0.5) is 0 Å². The molecule has 1 fully saturated rings. The third kappa shape index (κ3) is 2.37. The predicted molar refractivity (Wildman–Crippen MR) is 75.2 cm³/mol. The fourth-order valence-corrected chi connectivity index (χ4v) is 3.30. The van der Waals surface area contributed by atoms with Crippen LogP contribution in [0.2, 0.25) is 0 Å². The Morgan fingerprint density at radius 1 is 1.26 bits per heavy atom. The molecule has 104 valence electrons. The van der Waals surface area contributed by atoms with E-state index in [-0.39, 0.29) is 17.7 Å². The molecule has 3 heteroatoms. The number of hydrogen-bond acceptors (Lipinski definition) is 3. The molecule has 0 radical (unpaired) electrons. The lowest BCUT2D eigenvalue weighted by Gasteiger charge is -2.46. The number of rotatable bonds is 1. The third-order valence-corrected chi connectivity index (χ3v) is 4.44. The van der Waals surface area contributed by atoms with Crippen LogP contribution in [0.1, 0.15) is 44.7 Å². The molecule has 3 rings (SSSR count). The van der Waals surface area contributed by atoms with Crippen LogP contribution >= 0.6 is 0 Å². The average molecular weight is 261 g/mol. The molecule has 3 atom stereocenters. The summed E-state index contributed by atoms with van der Waals surface area (Å²) in [6.45, 7) is 5.19. The second-order valence-electron chi connectivity index (χ2n) is 6.24. The van der Waals surface area contributed by atoms with E-state index in [1.165, 1.54) is 0 Å². The van der Waals surface area contributed by atoms with Crippen molar-refractivity contribution in [3.63, 3.8) is 0 Å². The Hall–Kier alpha value is -1.06. The maximum atomic E-state index is 6.35. The molecule has 2 N–H and O–H groups in total. The molecular formula is C16H23NO2. The van der Waals surface area contributed by atoms with Gasteiger partial charge < -0.3 is 15.2 Å². The number of para-hydroxylation sites is 1. The van der Waals surface area contributed by atoms with Gasteiger partial charge in [0.15, 0.2) is 0 Å². The Morgan fingerprint density at radius 2 is 2.05 bits per heavy atom. The van der Waals surface area contributed by atoms with Crippen molar-refractivity contribution in [1.82, 2.24) is 0 Å². The molecule has 3 unspecified atom stereocenters. The van der Waals surface area contributed by atoms with Crippen molar-refractivity contribution < 1.29 is 9.47 Å². The monoisotopic (exact) mass is 261 g/mol. The first kappa shape index (κ1) is 12.9. The lowest BCUT2D eigenvalue weighted by atomic mass is 9.78. The molecule has 0 aromatic heterocycles. The quantitative estimate of drug-likeness (QED) is 0.845. The molecule has 2 aliphatic rings. The van der Waals surface area contributed by atoms with E-state index in [4.69, 9.17) is 15.2 Å². The normalized spacial score (nSPS) is 34.1. The molecule has 1 aromatic rings. The van der Waals surface area contributed by atoms with E-state index in [1.807, 2.05) is 18.2 Å². The average Bonchev–Trinajstić information content (AvgIpc) is 2.38. The summed E-state index contributed by atoms with van der Waals surface area (Å²) in [6, 6.07) is 8.24. The fourth-order valence-electron chi connectivity index (χ4n) is 3.30. The molecule has 2 aliphatic heterocycles. The first-order chi connectivity index (χ1) is 9.10. The lowest BCUT2D eigenvalue weighted by molar-refractivity contribution is -0.115. The van der Waals surface area contributed by atoms with Gasteiger partial charge in [-0.3, -0.25) is 0 Å². The molecule has 1 spiro atoms. The van der Waals surface area contributed by atoms with Crippen LogP contribution in [0.15, 0.2) is 24.3 Å². The second kappa shape index (κ2) is 4.80. The smallest absolute Gasteiger partial charge is 0.124 e. The van der Waals surface area contributed by atoms with Gasteiger partial charge >= 0.3 is 0 Å². The molecule has 3 nitrogen and oxygen atoms in total. The molecule has 0 bridgehead atoms. The molecule has 1 aromatic carbocycles. The van der Waals surface area contributed by atoms with Crippen LogP contribution in [0.25, 0.3) is 0 Å². The van der Waals surface area contributed by atoms with Gasteiger partial charge in [0, 0.05) is 30.9 Å². The summed E-state index contributed by atoms with van der Waals surface area (Å²) in [5.74, 6) is 1.49. The number of benzene rings is 1. The summed E-state index contributed by atoms with van der Waals surface area (Å²) in [6.07, 6.45) is 3.08. The number of hydrogen-bond donors (Lipinski definition) is 1. The zero-order valence-electron chi connectivity index (χ0n) is 11.8. The van der Waals surface area contributed by atoms with Crippen LogP contribution in [-0.2, 0) is 4.74 Å². The van der Waals surface area contributed by atoms with E-state index in [0.717, 1.165) is 37.2 Å². The van der Waals surface area contributed by atoms with Crippen LogP contribution in [0, 0.1) is 5.92 Å². The number of fused-ring (bicyclic) bond motifs is 1. The van der Waals surface area contributed by atoms with Gasteiger partial charge in [0.05, 0.1) is 12.7 Å². The van der Waals surface area contributed by atoms with Gasteiger partial charge in [-0.15, -0.1) is 0 Å². The summed E-state index contributed by atoms with van der Waals surface area (Å²) >= 11 is 0. The van der Waals surface area contributed by atoms with Gasteiger partial charge in [0.25, 0.3) is 0 Å². The topological polar surface area (TPSA) is 44.5 Å². The molecule has 0 amide bonds. The first-order valence-corrected chi connectivity index (χ1v) is 7.25.